The molecule has 0 amide bonds. The van der Waals surface area contributed by atoms with Crippen LogP contribution in [0.15, 0.2) is 24.3 Å². The number of hydrogen-bond acceptors (Lipinski definition) is 4. The highest BCUT2D eigenvalue weighted by atomic mass is 19.4. The SMILES string of the molecule is FC(F)(F)c1ccc(C(C2OCCO2)C2OCCO2)cc1. The minimum atomic E-state index is -4.35. The summed E-state index contributed by atoms with van der Waals surface area (Å²) in [6, 6.07) is 4.94. The average Bonchev–Trinajstić information content (AvgIpc) is 3.12. The van der Waals surface area contributed by atoms with Crippen molar-refractivity contribution in [2.75, 3.05) is 26.4 Å². The second kappa shape index (κ2) is 5.92. The summed E-state index contributed by atoms with van der Waals surface area (Å²) in [6.07, 6.45) is -5.48. The summed E-state index contributed by atoms with van der Waals surface area (Å²) < 4.78 is 59.8. The molecule has 21 heavy (non-hydrogen) atoms. The van der Waals surface area contributed by atoms with Gasteiger partial charge < -0.3 is 18.9 Å². The molecule has 0 saturated carbocycles. The van der Waals surface area contributed by atoms with Gasteiger partial charge >= 0.3 is 6.18 Å². The summed E-state index contributed by atoms with van der Waals surface area (Å²) in [4.78, 5) is 0. The Kier molecular flexibility index (Phi) is 4.17. The van der Waals surface area contributed by atoms with Crippen molar-refractivity contribution in [2.24, 2.45) is 0 Å². The van der Waals surface area contributed by atoms with E-state index >= 15 is 0 Å². The van der Waals surface area contributed by atoms with Crippen LogP contribution in [0.2, 0.25) is 0 Å². The molecule has 3 rings (SSSR count). The summed E-state index contributed by atoms with van der Waals surface area (Å²) in [5.74, 6) is -0.405. The van der Waals surface area contributed by atoms with E-state index in [1.807, 2.05) is 0 Å². The molecule has 0 radical (unpaired) electrons. The molecule has 1 aromatic carbocycles. The van der Waals surface area contributed by atoms with Gasteiger partial charge in [-0.3, -0.25) is 0 Å². The first kappa shape index (κ1) is 14.8. The summed E-state index contributed by atoms with van der Waals surface area (Å²) in [5, 5.41) is 0. The van der Waals surface area contributed by atoms with Gasteiger partial charge in [0.1, 0.15) is 0 Å². The highest BCUT2D eigenvalue weighted by molar-refractivity contribution is 5.28. The van der Waals surface area contributed by atoms with Crippen LogP contribution in [0.1, 0.15) is 17.0 Å². The fraction of sp³-hybridized carbons (Fsp3) is 0.571. The molecule has 0 bridgehead atoms. The first-order valence-electron chi connectivity index (χ1n) is 6.69. The molecule has 7 heteroatoms. The zero-order chi connectivity index (χ0) is 14.9. The topological polar surface area (TPSA) is 36.9 Å². The van der Waals surface area contributed by atoms with E-state index in [0.717, 1.165) is 12.1 Å². The van der Waals surface area contributed by atoms with E-state index in [4.69, 9.17) is 18.9 Å². The van der Waals surface area contributed by atoms with Crippen molar-refractivity contribution in [3.63, 3.8) is 0 Å². The van der Waals surface area contributed by atoms with Gasteiger partial charge in [-0.15, -0.1) is 0 Å². The Morgan fingerprint density at radius 3 is 1.62 bits per heavy atom. The van der Waals surface area contributed by atoms with E-state index in [1.165, 1.54) is 12.1 Å². The molecule has 2 aliphatic rings. The van der Waals surface area contributed by atoms with Crippen LogP contribution in [-0.4, -0.2) is 39.0 Å². The fourth-order valence-electron chi connectivity index (χ4n) is 2.50. The van der Waals surface area contributed by atoms with Crippen LogP contribution < -0.4 is 0 Å². The lowest BCUT2D eigenvalue weighted by molar-refractivity contribution is -0.145. The van der Waals surface area contributed by atoms with Gasteiger partial charge in [0.25, 0.3) is 0 Å². The minimum Gasteiger partial charge on any atom is -0.349 e. The van der Waals surface area contributed by atoms with Crippen molar-refractivity contribution in [3.8, 4) is 0 Å². The van der Waals surface area contributed by atoms with Crippen LogP contribution in [0, 0.1) is 0 Å². The Balaban J connectivity index is 1.85. The standard InChI is InChI=1S/C14H15F3O4/c15-14(16,17)10-3-1-9(2-4-10)11(12-18-5-6-19-12)13-20-7-8-21-13/h1-4,11-13H,5-8H2. The third-order valence-corrected chi connectivity index (χ3v) is 3.50. The highest BCUT2D eigenvalue weighted by Crippen LogP contribution is 2.35. The molecule has 2 saturated heterocycles. The molecule has 2 heterocycles. The van der Waals surface area contributed by atoms with E-state index in [9.17, 15) is 13.2 Å². The number of alkyl halides is 3. The van der Waals surface area contributed by atoms with Gasteiger partial charge in [-0.25, -0.2) is 0 Å². The number of halogens is 3. The van der Waals surface area contributed by atoms with E-state index in [0.29, 0.717) is 32.0 Å². The number of ether oxygens (including phenoxy) is 4. The van der Waals surface area contributed by atoms with Gasteiger partial charge in [0, 0.05) is 0 Å². The average molecular weight is 304 g/mol. The van der Waals surface area contributed by atoms with E-state index < -0.39 is 30.2 Å². The van der Waals surface area contributed by atoms with E-state index in [1.54, 1.807) is 0 Å². The molecule has 0 aromatic heterocycles. The molecule has 0 N–H and O–H groups in total. The second-order valence-corrected chi connectivity index (χ2v) is 4.87. The zero-order valence-electron chi connectivity index (χ0n) is 11.1. The Bertz CT molecular complexity index is 446. The van der Waals surface area contributed by atoms with Crippen LogP contribution >= 0.6 is 0 Å². The molecule has 0 spiro atoms. The summed E-state index contributed by atoms with van der Waals surface area (Å²) in [6.45, 7) is 1.81. The molecule has 0 atom stereocenters. The van der Waals surface area contributed by atoms with Crippen LogP contribution in [0.25, 0.3) is 0 Å². The predicted octanol–water partition coefficient (Wildman–Crippen LogP) is 2.53. The Morgan fingerprint density at radius 2 is 1.24 bits per heavy atom. The van der Waals surface area contributed by atoms with Crippen LogP contribution in [0.4, 0.5) is 13.2 Å². The van der Waals surface area contributed by atoms with Gasteiger partial charge in [-0.2, -0.15) is 13.2 Å². The van der Waals surface area contributed by atoms with Crippen molar-refractivity contribution in [1.29, 1.82) is 0 Å². The monoisotopic (exact) mass is 304 g/mol. The van der Waals surface area contributed by atoms with Crippen molar-refractivity contribution in [2.45, 2.75) is 24.7 Å². The maximum absolute atomic E-state index is 12.6. The summed E-state index contributed by atoms with van der Waals surface area (Å²) in [5.41, 5.74) is -0.0479. The van der Waals surface area contributed by atoms with E-state index in [-0.39, 0.29) is 0 Å². The van der Waals surface area contributed by atoms with Gasteiger partial charge in [0.05, 0.1) is 37.9 Å². The third kappa shape index (κ3) is 3.21. The molecule has 2 aliphatic heterocycles. The molecule has 1 aromatic rings. The quantitative estimate of drug-likeness (QED) is 0.860. The van der Waals surface area contributed by atoms with Crippen molar-refractivity contribution >= 4 is 0 Å². The second-order valence-electron chi connectivity index (χ2n) is 4.87. The molecule has 0 unspecified atom stereocenters. The molecular weight excluding hydrogens is 289 g/mol. The first-order chi connectivity index (χ1) is 10.1. The highest BCUT2D eigenvalue weighted by Gasteiger charge is 2.39. The Labute approximate surface area is 119 Å². The lowest BCUT2D eigenvalue weighted by Gasteiger charge is -2.27. The van der Waals surface area contributed by atoms with Crippen LogP contribution in [0.3, 0.4) is 0 Å². The fourth-order valence-corrected chi connectivity index (χ4v) is 2.50. The minimum absolute atomic E-state index is 0.405. The molecule has 4 nitrogen and oxygen atoms in total. The van der Waals surface area contributed by atoms with Crippen molar-refractivity contribution in [1.82, 2.24) is 0 Å². The van der Waals surface area contributed by atoms with Crippen LogP contribution in [-0.2, 0) is 25.1 Å². The van der Waals surface area contributed by atoms with Crippen molar-refractivity contribution < 1.29 is 32.1 Å². The number of rotatable bonds is 3. The van der Waals surface area contributed by atoms with Gasteiger partial charge in [0.2, 0.25) is 0 Å². The Hall–Kier alpha value is -1.15. The van der Waals surface area contributed by atoms with E-state index in [2.05, 4.69) is 0 Å². The molecule has 2 fully saturated rings. The lowest BCUT2D eigenvalue weighted by atomic mass is 9.96. The van der Waals surface area contributed by atoms with Gasteiger partial charge in [-0.05, 0) is 17.7 Å². The molecular formula is C14H15F3O4. The number of benzene rings is 1. The zero-order valence-corrected chi connectivity index (χ0v) is 11.1. The van der Waals surface area contributed by atoms with Crippen LogP contribution in [0.5, 0.6) is 0 Å². The van der Waals surface area contributed by atoms with Gasteiger partial charge in [-0.1, -0.05) is 12.1 Å². The maximum Gasteiger partial charge on any atom is 0.416 e. The maximum atomic E-state index is 12.6. The van der Waals surface area contributed by atoms with Crippen molar-refractivity contribution in [3.05, 3.63) is 35.4 Å². The summed E-state index contributed by atoms with van der Waals surface area (Å²) in [7, 11) is 0. The normalized spacial score (nSPS) is 21.5. The lowest BCUT2D eigenvalue weighted by Crippen LogP contribution is -2.31. The smallest absolute Gasteiger partial charge is 0.349 e. The van der Waals surface area contributed by atoms with Gasteiger partial charge in [0.15, 0.2) is 12.6 Å². The first-order valence-corrected chi connectivity index (χ1v) is 6.69. The molecule has 0 aliphatic carbocycles. The Morgan fingerprint density at radius 1 is 0.810 bits per heavy atom. The largest absolute Gasteiger partial charge is 0.416 e. The molecule has 116 valence electrons. The predicted molar refractivity (Wildman–Crippen MR) is 65.6 cm³/mol. The summed E-state index contributed by atoms with van der Waals surface area (Å²) >= 11 is 0. The number of hydrogen-bond donors (Lipinski definition) is 0. The third-order valence-electron chi connectivity index (χ3n) is 3.50.